The van der Waals surface area contributed by atoms with Gasteiger partial charge < -0.3 is 4.74 Å². The molecular formula is C15H12OS. The van der Waals surface area contributed by atoms with Gasteiger partial charge in [-0.05, 0) is 57.9 Å². The topological polar surface area (TPSA) is 9.23 Å². The van der Waals surface area contributed by atoms with Crippen LogP contribution in [-0.4, -0.2) is 7.11 Å². The van der Waals surface area contributed by atoms with Crippen molar-refractivity contribution in [3.05, 3.63) is 48.5 Å². The molecule has 3 aromatic rings. The van der Waals surface area contributed by atoms with E-state index in [1.54, 1.807) is 7.11 Å². The van der Waals surface area contributed by atoms with E-state index in [1.165, 1.54) is 21.5 Å². The highest BCUT2D eigenvalue weighted by molar-refractivity contribution is 7.80. The minimum absolute atomic E-state index is 0.891. The summed E-state index contributed by atoms with van der Waals surface area (Å²) in [7, 11) is 1.69. The zero-order valence-electron chi connectivity index (χ0n) is 9.47. The Balaban J connectivity index is 2.35. The average Bonchev–Trinajstić information content (AvgIpc) is 2.35. The van der Waals surface area contributed by atoms with Crippen molar-refractivity contribution in [2.75, 3.05) is 7.11 Å². The minimum Gasteiger partial charge on any atom is -0.497 e. The predicted octanol–water partition coefficient (Wildman–Crippen LogP) is 4.29. The molecule has 0 aliphatic carbocycles. The number of ether oxygens (including phenoxy) is 1. The molecule has 0 atom stereocenters. The first-order chi connectivity index (χ1) is 8.26. The molecule has 0 aromatic heterocycles. The SMILES string of the molecule is COc1ccc2cc3cc(S)ccc3cc2c1. The van der Waals surface area contributed by atoms with Crippen LogP contribution in [0.1, 0.15) is 0 Å². The van der Waals surface area contributed by atoms with Crippen LogP contribution in [0.25, 0.3) is 21.5 Å². The minimum atomic E-state index is 0.891. The third-order valence-electron chi connectivity index (χ3n) is 2.99. The Morgan fingerprint density at radius 3 is 2.12 bits per heavy atom. The molecule has 0 aliphatic heterocycles. The molecule has 0 radical (unpaired) electrons. The molecule has 17 heavy (non-hydrogen) atoms. The van der Waals surface area contributed by atoms with Crippen molar-refractivity contribution in [3.63, 3.8) is 0 Å². The lowest BCUT2D eigenvalue weighted by Gasteiger charge is -2.05. The van der Waals surface area contributed by atoms with E-state index < -0.39 is 0 Å². The lowest BCUT2D eigenvalue weighted by Crippen LogP contribution is -1.82. The summed E-state index contributed by atoms with van der Waals surface area (Å²) in [6, 6.07) is 16.7. The van der Waals surface area contributed by atoms with Crippen molar-refractivity contribution in [3.8, 4) is 5.75 Å². The molecule has 0 saturated heterocycles. The standard InChI is InChI=1S/C15H12OS/c1-16-14-4-2-10-7-13-9-15(17)5-3-11(13)6-12(10)8-14/h2-9,17H,1H3. The Bertz CT molecular complexity index is 704. The van der Waals surface area contributed by atoms with Crippen LogP contribution in [0.15, 0.2) is 53.4 Å². The second-order valence-corrected chi connectivity index (χ2v) is 4.61. The van der Waals surface area contributed by atoms with Gasteiger partial charge in [-0.1, -0.05) is 12.1 Å². The van der Waals surface area contributed by atoms with Gasteiger partial charge in [-0.2, -0.15) is 0 Å². The van der Waals surface area contributed by atoms with Gasteiger partial charge >= 0.3 is 0 Å². The highest BCUT2D eigenvalue weighted by Crippen LogP contribution is 2.27. The molecular weight excluding hydrogens is 228 g/mol. The van der Waals surface area contributed by atoms with E-state index >= 15 is 0 Å². The van der Waals surface area contributed by atoms with Gasteiger partial charge in [0.05, 0.1) is 7.11 Å². The largest absolute Gasteiger partial charge is 0.497 e. The molecule has 0 heterocycles. The van der Waals surface area contributed by atoms with Crippen LogP contribution in [0.5, 0.6) is 5.75 Å². The molecule has 1 nitrogen and oxygen atoms in total. The normalized spacial score (nSPS) is 10.9. The summed E-state index contributed by atoms with van der Waals surface area (Å²) in [6.07, 6.45) is 0. The van der Waals surface area contributed by atoms with Crippen LogP contribution in [-0.2, 0) is 0 Å². The highest BCUT2D eigenvalue weighted by Gasteiger charge is 2.00. The van der Waals surface area contributed by atoms with E-state index in [9.17, 15) is 0 Å². The Kier molecular flexibility index (Phi) is 2.45. The first-order valence-corrected chi connectivity index (χ1v) is 5.91. The van der Waals surface area contributed by atoms with Crippen LogP contribution >= 0.6 is 12.6 Å². The summed E-state index contributed by atoms with van der Waals surface area (Å²) in [5.41, 5.74) is 0. The lowest BCUT2D eigenvalue weighted by molar-refractivity contribution is 0.415. The van der Waals surface area contributed by atoms with E-state index in [-0.39, 0.29) is 0 Å². The van der Waals surface area contributed by atoms with Crippen molar-refractivity contribution in [2.45, 2.75) is 4.90 Å². The van der Waals surface area contributed by atoms with Gasteiger partial charge in [0.2, 0.25) is 0 Å². The number of benzene rings is 3. The van der Waals surface area contributed by atoms with Crippen LogP contribution in [0.3, 0.4) is 0 Å². The fourth-order valence-electron chi connectivity index (χ4n) is 2.09. The first-order valence-electron chi connectivity index (χ1n) is 5.47. The van der Waals surface area contributed by atoms with Gasteiger partial charge in [0.1, 0.15) is 5.75 Å². The van der Waals surface area contributed by atoms with Gasteiger partial charge in [0.15, 0.2) is 0 Å². The van der Waals surface area contributed by atoms with Crippen LogP contribution in [0, 0.1) is 0 Å². The molecule has 3 aromatic carbocycles. The Labute approximate surface area is 105 Å². The maximum absolute atomic E-state index is 5.24. The average molecular weight is 240 g/mol. The molecule has 0 saturated carbocycles. The second-order valence-electron chi connectivity index (χ2n) is 4.10. The van der Waals surface area contributed by atoms with Gasteiger partial charge in [-0.15, -0.1) is 12.6 Å². The molecule has 2 heteroatoms. The fourth-order valence-corrected chi connectivity index (χ4v) is 2.30. The molecule has 84 valence electrons. The maximum Gasteiger partial charge on any atom is 0.119 e. The Morgan fingerprint density at radius 1 is 0.765 bits per heavy atom. The van der Waals surface area contributed by atoms with Crippen molar-refractivity contribution in [1.29, 1.82) is 0 Å². The highest BCUT2D eigenvalue weighted by atomic mass is 32.1. The van der Waals surface area contributed by atoms with Crippen LogP contribution in [0.2, 0.25) is 0 Å². The van der Waals surface area contributed by atoms with Crippen molar-refractivity contribution in [2.24, 2.45) is 0 Å². The third-order valence-corrected chi connectivity index (χ3v) is 3.26. The van der Waals surface area contributed by atoms with E-state index in [1.807, 2.05) is 12.1 Å². The molecule has 0 aliphatic rings. The third kappa shape index (κ3) is 1.85. The maximum atomic E-state index is 5.24. The van der Waals surface area contributed by atoms with Crippen molar-refractivity contribution >= 4 is 34.2 Å². The smallest absolute Gasteiger partial charge is 0.119 e. The summed E-state index contributed by atoms with van der Waals surface area (Å²) in [5, 5.41) is 4.86. The molecule has 0 spiro atoms. The number of hydrogen-bond donors (Lipinski definition) is 1. The van der Waals surface area contributed by atoms with E-state index in [2.05, 4.69) is 49.0 Å². The fraction of sp³-hybridized carbons (Fsp3) is 0.0667. The quantitative estimate of drug-likeness (QED) is 0.493. The van der Waals surface area contributed by atoms with Gasteiger partial charge in [0.25, 0.3) is 0 Å². The predicted molar refractivity (Wildman–Crippen MR) is 75.3 cm³/mol. The number of thiol groups is 1. The van der Waals surface area contributed by atoms with Gasteiger partial charge in [-0.25, -0.2) is 0 Å². The first kappa shape index (κ1) is 10.5. The number of methoxy groups -OCH3 is 1. The number of fused-ring (bicyclic) bond motifs is 2. The van der Waals surface area contributed by atoms with Crippen LogP contribution in [0.4, 0.5) is 0 Å². The van der Waals surface area contributed by atoms with Crippen molar-refractivity contribution < 1.29 is 4.74 Å². The molecule has 3 rings (SSSR count). The summed E-state index contributed by atoms with van der Waals surface area (Å²) in [6.45, 7) is 0. The zero-order valence-corrected chi connectivity index (χ0v) is 10.4. The monoisotopic (exact) mass is 240 g/mol. The summed E-state index contributed by atoms with van der Waals surface area (Å²) < 4.78 is 5.24. The second kappa shape index (κ2) is 3.97. The zero-order chi connectivity index (χ0) is 11.8. The number of rotatable bonds is 1. The number of hydrogen-bond acceptors (Lipinski definition) is 2. The lowest BCUT2D eigenvalue weighted by atomic mass is 10.0. The van der Waals surface area contributed by atoms with E-state index in [0.717, 1.165) is 10.6 Å². The molecule has 0 N–H and O–H groups in total. The van der Waals surface area contributed by atoms with Gasteiger partial charge in [0, 0.05) is 4.90 Å². The van der Waals surface area contributed by atoms with Crippen molar-refractivity contribution in [1.82, 2.24) is 0 Å². The summed E-state index contributed by atoms with van der Waals surface area (Å²) in [4.78, 5) is 0.991. The molecule has 0 bridgehead atoms. The van der Waals surface area contributed by atoms with Gasteiger partial charge in [-0.3, -0.25) is 0 Å². The van der Waals surface area contributed by atoms with E-state index in [0.29, 0.717) is 0 Å². The molecule has 0 fully saturated rings. The summed E-state index contributed by atoms with van der Waals surface area (Å²) >= 11 is 4.37. The molecule has 0 amide bonds. The Morgan fingerprint density at radius 2 is 1.41 bits per heavy atom. The molecule has 0 unspecified atom stereocenters. The summed E-state index contributed by atoms with van der Waals surface area (Å²) in [5.74, 6) is 0.891. The Hall–Kier alpha value is -1.67. The van der Waals surface area contributed by atoms with E-state index in [4.69, 9.17) is 4.74 Å². The van der Waals surface area contributed by atoms with Crippen LogP contribution < -0.4 is 4.74 Å².